The number of methoxy groups -OCH3 is 1. The second-order valence-electron chi connectivity index (χ2n) is 9.21. The molecule has 2 aliphatic heterocycles. The zero-order valence-electron chi connectivity index (χ0n) is 18.1. The van der Waals surface area contributed by atoms with Gasteiger partial charge in [-0.1, -0.05) is 57.2 Å². The summed E-state index contributed by atoms with van der Waals surface area (Å²) in [6.07, 6.45) is 0. The van der Waals surface area contributed by atoms with Gasteiger partial charge >= 0.3 is 0 Å². The lowest BCUT2D eigenvalue weighted by atomic mass is 9.94. The van der Waals surface area contributed by atoms with Gasteiger partial charge in [-0.25, -0.2) is 4.99 Å². The summed E-state index contributed by atoms with van der Waals surface area (Å²) in [5, 5.41) is 1.27. The monoisotopic (exact) mass is 411 g/mol. The fourth-order valence-corrected chi connectivity index (χ4v) is 7.48. The molecule has 4 rings (SSSR count). The number of aliphatic imine (C=N–C) groups is 1. The number of benzene rings is 2. The Morgan fingerprint density at radius 1 is 1.00 bits per heavy atom. The molecule has 3 atom stereocenters. The lowest BCUT2D eigenvalue weighted by Gasteiger charge is -2.39. The Morgan fingerprint density at radius 3 is 2.38 bits per heavy atom. The average molecular weight is 411 g/mol. The first kappa shape index (κ1) is 20.2. The molecule has 2 heterocycles. The third-order valence-corrected chi connectivity index (χ3v) is 9.21. The van der Waals surface area contributed by atoms with E-state index in [1.165, 1.54) is 10.9 Å². The second kappa shape index (κ2) is 7.32. The Bertz CT molecular complexity index is 917. The van der Waals surface area contributed by atoms with Gasteiger partial charge in [0.15, 0.2) is 5.90 Å². The first-order valence-electron chi connectivity index (χ1n) is 10.1. The Hall–Kier alpha value is -2.06. The predicted octanol–water partition coefficient (Wildman–Crippen LogP) is 5.52. The number of rotatable bonds is 4. The van der Waals surface area contributed by atoms with Crippen LogP contribution in [0.25, 0.3) is 0 Å². The van der Waals surface area contributed by atoms with Crippen molar-refractivity contribution in [2.45, 2.75) is 51.7 Å². The second-order valence-corrected chi connectivity index (χ2v) is 12.2. The van der Waals surface area contributed by atoms with Gasteiger partial charge in [0.05, 0.1) is 17.8 Å². The first-order chi connectivity index (χ1) is 13.7. The van der Waals surface area contributed by atoms with E-state index >= 15 is 0 Å². The van der Waals surface area contributed by atoms with Gasteiger partial charge in [-0.2, -0.15) is 0 Å². The molecule has 0 aliphatic carbocycles. The topological polar surface area (TPSA) is 40.0 Å². The van der Waals surface area contributed by atoms with Crippen molar-refractivity contribution in [3.8, 4) is 11.5 Å². The molecule has 154 valence electrons. The minimum absolute atomic E-state index is 0.0305. The lowest BCUT2D eigenvalue weighted by molar-refractivity contribution is 0.173. The molecular formula is C24H30NO3P. The van der Waals surface area contributed by atoms with Crippen LogP contribution in [-0.2, 0) is 4.74 Å². The van der Waals surface area contributed by atoms with Crippen LogP contribution in [0.3, 0.4) is 0 Å². The van der Waals surface area contributed by atoms with E-state index in [0.29, 0.717) is 6.61 Å². The summed E-state index contributed by atoms with van der Waals surface area (Å²) in [7, 11) is 1.06. The fraction of sp³-hybridized carbons (Fsp3) is 0.458. The first-order valence-corrected chi connectivity index (χ1v) is 11.5. The van der Waals surface area contributed by atoms with Crippen molar-refractivity contribution in [1.29, 1.82) is 0 Å². The molecule has 0 saturated heterocycles. The molecule has 2 aliphatic rings. The molecule has 0 saturated carbocycles. The van der Waals surface area contributed by atoms with Gasteiger partial charge < -0.3 is 14.2 Å². The molecule has 2 aromatic rings. The van der Waals surface area contributed by atoms with E-state index < -0.39 is 7.92 Å². The van der Waals surface area contributed by atoms with Crippen LogP contribution in [0.4, 0.5) is 0 Å². The van der Waals surface area contributed by atoms with Crippen molar-refractivity contribution >= 4 is 19.1 Å². The number of fused-ring (bicyclic) bond motifs is 1. The maximum atomic E-state index is 6.59. The SMILES string of the molecule is COc1cccc2c1P(C(C)(C)C)[C@@H](C(C)(C)C1=NC(c3ccccc3)CO1)O2. The maximum absolute atomic E-state index is 6.59. The van der Waals surface area contributed by atoms with Crippen LogP contribution in [0.1, 0.15) is 46.2 Å². The van der Waals surface area contributed by atoms with E-state index in [9.17, 15) is 0 Å². The van der Waals surface area contributed by atoms with Crippen LogP contribution in [0.5, 0.6) is 11.5 Å². The Balaban J connectivity index is 1.71. The zero-order chi connectivity index (χ0) is 20.8. The van der Waals surface area contributed by atoms with Crippen LogP contribution in [0.2, 0.25) is 0 Å². The molecule has 2 aromatic carbocycles. The molecule has 0 amide bonds. The van der Waals surface area contributed by atoms with Crippen molar-refractivity contribution in [1.82, 2.24) is 0 Å². The van der Waals surface area contributed by atoms with Gasteiger partial charge in [0.25, 0.3) is 0 Å². The standard InChI is InChI=1S/C24H30NO3P/c1-23(2,3)29-20-18(26-6)13-10-14-19(20)28-22(29)24(4,5)21-25-17(15-27-21)16-11-8-7-9-12-16/h7-14,17,22H,15H2,1-6H3/t17?,22-,29?/m0/s1. The highest BCUT2D eigenvalue weighted by Crippen LogP contribution is 2.64. The van der Waals surface area contributed by atoms with E-state index in [4.69, 9.17) is 19.2 Å². The summed E-state index contributed by atoms with van der Waals surface area (Å²) in [6.45, 7) is 11.8. The Labute approximate surface area is 175 Å². The highest BCUT2D eigenvalue weighted by atomic mass is 31.1. The predicted molar refractivity (Wildman–Crippen MR) is 120 cm³/mol. The largest absolute Gasteiger partial charge is 0.496 e. The summed E-state index contributed by atoms with van der Waals surface area (Å²) in [5.74, 6) is 2.61. The van der Waals surface area contributed by atoms with Crippen LogP contribution < -0.4 is 14.8 Å². The molecule has 0 bridgehead atoms. The van der Waals surface area contributed by atoms with Crippen molar-refractivity contribution in [3.63, 3.8) is 0 Å². The highest BCUT2D eigenvalue weighted by molar-refractivity contribution is 7.68. The average Bonchev–Trinajstić information content (AvgIpc) is 3.34. The van der Waals surface area contributed by atoms with Gasteiger partial charge in [0.1, 0.15) is 30.0 Å². The molecular weight excluding hydrogens is 381 g/mol. The van der Waals surface area contributed by atoms with Crippen LogP contribution in [-0.4, -0.2) is 30.6 Å². The van der Waals surface area contributed by atoms with E-state index in [-0.39, 0.29) is 22.5 Å². The highest BCUT2D eigenvalue weighted by Gasteiger charge is 2.53. The smallest absolute Gasteiger partial charge is 0.194 e. The Morgan fingerprint density at radius 2 is 1.72 bits per heavy atom. The van der Waals surface area contributed by atoms with Crippen LogP contribution in [0, 0.1) is 5.41 Å². The number of hydrogen-bond acceptors (Lipinski definition) is 4. The summed E-state index contributed by atoms with van der Waals surface area (Å²) < 4.78 is 18.5. The number of ether oxygens (including phenoxy) is 3. The van der Waals surface area contributed by atoms with Gasteiger partial charge in [-0.05, 0) is 44.6 Å². The van der Waals surface area contributed by atoms with Crippen molar-refractivity contribution < 1.29 is 14.2 Å². The summed E-state index contributed by atoms with van der Waals surface area (Å²) >= 11 is 0. The van der Waals surface area contributed by atoms with Crippen molar-refractivity contribution in [2.24, 2.45) is 10.4 Å². The molecule has 29 heavy (non-hydrogen) atoms. The molecule has 2 unspecified atom stereocenters. The van der Waals surface area contributed by atoms with E-state index in [2.05, 4.69) is 65.0 Å². The molecule has 0 fully saturated rings. The molecule has 0 radical (unpaired) electrons. The zero-order valence-corrected chi connectivity index (χ0v) is 19.0. The van der Waals surface area contributed by atoms with E-state index in [1.807, 2.05) is 18.2 Å². The summed E-state index contributed by atoms with van der Waals surface area (Å²) in [4.78, 5) is 4.99. The molecule has 5 heteroatoms. The molecule has 4 nitrogen and oxygen atoms in total. The Kier molecular flexibility index (Phi) is 5.11. The van der Waals surface area contributed by atoms with Crippen LogP contribution in [0.15, 0.2) is 53.5 Å². The van der Waals surface area contributed by atoms with Crippen molar-refractivity contribution in [2.75, 3.05) is 13.7 Å². The number of nitrogens with zero attached hydrogens (tertiary/aromatic N) is 1. The molecule has 0 spiro atoms. The quantitative estimate of drug-likeness (QED) is 0.623. The fourth-order valence-electron chi connectivity index (χ4n) is 4.12. The van der Waals surface area contributed by atoms with E-state index in [1.54, 1.807) is 7.11 Å². The van der Waals surface area contributed by atoms with Crippen molar-refractivity contribution in [3.05, 3.63) is 54.1 Å². The van der Waals surface area contributed by atoms with Crippen LogP contribution >= 0.6 is 7.92 Å². The maximum Gasteiger partial charge on any atom is 0.194 e. The van der Waals surface area contributed by atoms with Gasteiger partial charge in [0.2, 0.25) is 0 Å². The van der Waals surface area contributed by atoms with Gasteiger partial charge in [0, 0.05) is 0 Å². The minimum atomic E-state index is -0.673. The normalized spacial score (nSPS) is 23.8. The molecule has 0 N–H and O–H groups in total. The number of hydrogen-bond donors (Lipinski definition) is 0. The lowest BCUT2D eigenvalue weighted by Crippen LogP contribution is -2.41. The van der Waals surface area contributed by atoms with E-state index in [0.717, 1.165) is 17.4 Å². The van der Waals surface area contributed by atoms with Gasteiger partial charge in [-0.3, -0.25) is 0 Å². The molecule has 0 aromatic heterocycles. The van der Waals surface area contributed by atoms with Gasteiger partial charge in [-0.15, -0.1) is 0 Å². The minimum Gasteiger partial charge on any atom is -0.496 e. The summed E-state index contributed by atoms with van der Waals surface area (Å²) in [6, 6.07) is 16.5. The third kappa shape index (κ3) is 3.53. The summed E-state index contributed by atoms with van der Waals surface area (Å²) in [5.41, 5.74) is 0.834. The third-order valence-electron chi connectivity index (χ3n) is 5.62.